The third-order valence-corrected chi connectivity index (χ3v) is 3.90. The maximum atomic E-state index is 12.5. The van der Waals surface area contributed by atoms with E-state index in [1.165, 1.54) is 0 Å². The van der Waals surface area contributed by atoms with Gasteiger partial charge >= 0.3 is 5.97 Å². The van der Waals surface area contributed by atoms with Crippen molar-refractivity contribution < 1.29 is 23.7 Å². The van der Waals surface area contributed by atoms with Crippen LogP contribution in [-0.2, 0) is 11.2 Å². The molecule has 0 N–H and O–H groups in total. The van der Waals surface area contributed by atoms with Crippen LogP contribution in [0.2, 0.25) is 0 Å². The van der Waals surface area contributed by atoms with Gasteiger partial charge in [0, 0.05) is 10.9 Å². The lowest BCUT2D eigenvalue weighted by Gasteiger charge is -2.19. The van der Waals surface area contributed by atoms with Crippen LogP contribution < -0.4 is 14.2 Å². The van der Waals surface area contributed by atoms with Gasteiger partial charge in [0.15, 0.2) is 0 Å². The van der Waals surface area contributed by atoms with Crippen LogP contribution in [-0.4, -0.2) is 33.9 Å². The third kappa shape index (κ3) is 3.55. The Bertz CT molecular complexity index is 808. The molecule has 5 nitrogen and oxygen atoms in total. The summed E-state index contributed by atoms with van der Waals surface area (Å²) < 4.78 is 21.9. The number of rotatable bonds is 7. The molecule has 0 amide bonds. The molecule has 5 heteroatoms. The summed E-state index contributed by atoms with van der Waals surface area (Å²) in [6.45, 7) is 7.94. The Labute approximate surface area is 148 Å². The van der Waals surface area contributed by atoms with E-state index in [-0.39, 0.29) is 0 Å². The first-order chi connectivity index (χ1) is 12.0. The number of methoxy groups -OCH3 is 3. The molecule has 2 rings (SSSR count). The van der Waals surface area contributed by atoms with Crippen molar-refractivity contribution in [3.63, 3.8) is 0 Å². The lowest BCUT2D eigenvalue weighted by Crippen LogP contribution is -2.11. The first-order valence-corrected chi connectivity index (χ1v) is 8.04. The molecular weight excluding hydrogens is 320 g/mol. The van der Waals surface area contributed by atoms with Gasteiger partial charge in [0.05, 0.1) is 38.9 Å². The number of carbonyl (C=O) groups is 1. The SMILES string of the molecule is C=C(C)Cc1c(C(=O)OCC)cc2c(OC)ccc(OC)c2c1OC. The maximum absolute atomic E-state index is 12.5. The number of ether oxygens (including phenoxy) is 4. The summed E-state index contributed by atoms with van der Waals surface area (Å²) in [4.78, 5) is 12.5. The minimum absolute atomic E-state index is 0.293. The van der Waals surface area contributed by atoms with Crippen molar-refractivity contribution >= 4 is 16.7 Å². The molecular formula is C20H24O5. The standard InChI is InChI=1S/C20H24O5/c1-7-25-20(21)14-11-15-16(22-4)8-9-17(23-5)18(15)19(24-6)13(14)10-12(2)3/h8-9,11H,2,7,10H2,1,3-6H3. The van der Waals surface area contributed by atoms with Crippen molar-refractivity contribution in [2.75, 3.05) is 27.9 Å². The molecule has 0 aromatic heterocycles. The average Bonchev–Trinajstić information content (AvgIpc) is 2.59. The van der Waals surface area contributed by atoms with Crippen LogP contribution in [0.1, 0.15) is 29.8 Å². The predicted molar refractivity (Wildman–Crippen MR) is 98.1 cm³/mol. The van der Waals surface area contributed by atoms with Crippen LogP contribution >= 0.6 is 0 Å². The molecule has 2 aromatic carbocycles. The summed E-state index contributed by atoms with van der Waals surface area (Å²) in [5, 5.41) is 1.49. The molecule has 25 heavy (non-hydrogen) atoms. The predicted octanol–water partition coefficient (Wildman–Crippen LogP) is 4.16. The molecule has 0 aliphatic carbocycles. The van der Waals surface area contributed by atoms with Gasteiger partial charge in [-0.05, 0) is 38.5 Å². The molecule has 134 valence electrons. The van der Waals surface area contributed by atoms with Gasteiger partial charge in [-0.15, -0.1) is 0 Å². The average molecular weight is 344 g/mol. The highest BCUT2D eigenvalue weighted by Gasteiger charge is 2.24. The van der Waals surface area contributed by atoms with Crippen LogP contribution in [0.15, 0.2) is 30.4 Å². The number of benzene rings is 2. The monoisotopic (exact) mass is 344 g/mol. The smallest absolute Gasteiger partial charge is 0.338 e. The first kappa shape index (κ1) is 18.6. The van der Waals surface area contributed by atoms with Crippen LogP contribution in [0.4, 0.5) is 0 Å². The number of carbonyl (C=O) groups excluding carboxylic acids is 1. The Kier molecular flexibility index (Phi) is 5.91. The minimum Gasteiger partial charge on any atom is -0.496 e. The number of hydrogen-bond acceptors (Lipinski definition) is 5. The van der Waals surface area contributed by atoms with Gasteiger partial charge in [-0.3, -0.25) is 0 Å². The summed E-state index contributed by atoms with van der Waals surface area (Å²) >= 11 is 0. The Balaban J connectivity index is 2.94. The Morgan fingerprint density at radius 2 is 1.72 bits per heavy atom. The zero-order valence-electron chi connectivity index (χ0n) is 15.4. The van der Waals surface area contributed by atoms with Crippen LogP contribution in [0.25, 0.3) is 10.8 Å². The van der Waals surface area contributed by atoms with E-state index in [2.05, 4.69) is 6.58 Å². The summed E-state index contributed by atoms with van der Waals surface area (Å²) in [5.74, 6) is 1.44. The van der Waals surface area contributed by atoms with E-state index < -0.39 is 5.97 Å². The lowest BCUT2D eigenvalue weighted by molar-refractivity contribution is 0.0525. The molecule has 0 aliphatic rings. The zero-order valence-corrected chi connectivity index (χ0v) is 15.4. The fourth-order valence-corrected chi connectivity index (χ4v) is 2.90. The van der Waals surface area contributed by atoms with Crippen molar-refractivity contribution in [1.29, 1.82) is 0 Å². The molecule has 0 atom stereocenters. The molecule has 0 saturated carbocycles. The molecule has 0 radical (unpaired) electrons. The van der Waals surface area contributed by atoms with Crippen LogP contribution in [0.5, 0.6) is 17.2 Å². The Hall–Kier alpha value is -2.69. The molecule has 0 spiro atoms. The quantitative estimate of drug-likeness (QED) is 0.557. The Morgan fingerprint density at radius 1 is 1.08 bits per heavy atom. The van der Waals surface area contributed by atoms with Gasteiger partial charge in [0.2, 0.25) is 0 Å². The van der Waals surface area contributed by atoms with E-state index in [4.69, 9.17) is 18.9 Å². The van der Waals surface area contributed by atoms with Crippen molar-refractivity contribution in [2.45, 2.75) is 20.3 Å². The fraction of sp³-hybridized carbons (Fsp3) is 0.350. The normalized spacial score (nSPS) is 10.4. The highest BCUT2D eigenvalue weighted by atomic mass is 16.5. The topological polar surface area (TPSA) is 54.0 Å². The highest BCUT2D eigenvalue weighted by molar-refractivity contribution is 6.05. The van der Waals surface area contributed by atoms with E-state index in [1.54, 1.807) is 40.4 Å². The Morgan fingerprint density at radius 3 is 2.24 bits per heavy atom. The molecule has 0 unspecified atom stereocenters. The third-order valence-electron chi connectivity index (χ3n) is 3.90. The maximum Gasteiger partial charge on any atom is 0.338 e. The van der Waals surface area contributed by atoms with Crippen molar-refractivity contribution in [2.24, 2.45) is 0 Å². The molecule has 0 bridgehead atoms. The summed E-state index contributed by atoms with van der Waals surface area (Å²) in [6.07, 6.45) is 0.494. The summed E-state index contributed by atoms with van der Waals surface area (Å²) in [6, 6.07) is 5.39. The van der Waals surface area contributed by atoms with E-state index in [0.717, 1.165) is 21.9 Å². The highest BCUT2D eigenvalue weighted by Crippen LogP contribution is 2.43. The molecule has 0 saturated heterocycles. The van der Waals surface area contributed by atoms with Gasteiger partial charge < -0.3 is 18.9 Å². The first-order valence-electron chi connectivity index (χ1n) is 8.04. The molecule has 0 heterocycles. The summed E-state index contributed by atoms with van der Waals surface area (Å²) in [5.41, 5.74) is 2.08. The van der Waals surface area contributed by atoms with Gasteiger partial charge in [0.25, 0.3) is 0 Å². The van der Waals surface area contributed by atoms with Gasteiger partial charge in [0.1, 0.15) is 17.2 Å². The molecule has 0 fully saturated rings. The minimum atomic E-state index is -0.399. The lowest BCUT2D eigenvalue weighted by atomic mass is 9.94. The van der Waals surface area contributed by atoms with E-state index in [0.29, 0.717) is 35.8 Å². The van der Waals surface area contributed by atoms with Gasteiger partial charge in [-0.25, -0.2) is 4.79 Å². The largest absolute Gasteiger partial charge is 0.496 e. The molecule has 2 aromatic rings. The fourth-order valence-electron chi connectivity index (χ4n) is 2.90. The number of fused-ring (bicyclic) bond motifs is 1. The molecule has 0 aliphatic heterocycles. The van der Waals surface area contributed by atoms with Crippen molar-refractivity contribution in [1.82, 2.24) is 0 Å². The van der Waals surface area contributed by atoms with Gasteiger partial charge in [-0.2, -0.15) is 0 Å². The number of allylic oxidation sites excluding steroid dienone is 1. The van der Waals surface area contributed by atoms with Gasteiger partial charge in [-0.1, -0.05) is 12.2 Å². The van der Waals surface area contributed by atoms with Crippen molar-refractivity contribution in [3.8, 4) is 17.2 Å². The zero-order chi connectivity index (χ0) is 18.6. The summed E-state index contributed by atoms with van der Waals surface area (Å²) in [7, 11) is 4.75. The van der Waals surface area contributed by atoms with E-state index in [1.807, 2.05) is 13.0 Å². The van der Waals surface area contributed by atoms with Crippen LogP contribution in [0.3, 0.4) is 0 Å². The second kappa shape index (κ2) is 7.92. The van der Waals surface area contributed by atoms with Crippen molar-refractivity contribution in [3.05, 3.63) is 41.5 Å². The number of esters is 1. The van der Waals surface area contributed by atoms with E-state index in [9.17, 15) is 4.79 Å². The second-order valence-corrected chi connectivity index (χ2v) is 5.68. The second-order valence-electron chi connectivity index (χ2n) is 5.68. The van der Waals surface area contributed by atoms with Crippen LogP contribution in [0, 0.1) is 0 Å². The number of hydrogen-bond donors (Lipinski definition) is 0. The van der Waals surface area contributed by atoms with E-state index >= 15 is 0 Å².